The van der Waals surface area contributed by atoms with Crippen molar-refractivity contribution in [1.29, 1.82) is 0 Å². The molecule has 0 aliphatic carbocycles. The zero-order chi connectivity index (χ0) is 9.84. The van der Waals surface area contributed by atoms with Gasteiger partial charge in [0.25, 0.3) is 0 Å². The molecule has 0 saturated carbocycles. The lowest BCUT2D eigenvalue weighted by Crippen LogP contribution is -2.07. The largest absolute Gasteiger partial charge is 0.314 e. The van der Waals surface area contributed by atoms with Crippen LogP contribution in [0.5, 0.6) is 0 Å². The number of halogens is 1. The number of nitro groups is 1. The van der Waals surface area contributed by atoms with E-state index in [0.29, 0.717) is 12.2 Å². The summed E-state index contributed by atoms with van der Waals surface area (Å²) in [7, 11) is 1.76. The van der Waals surface area contributed by atoms with Crippen LogP contribution in [0.25, 0.3) is 0 Å². The zero-order valence-electron chi connectivity index (χ0n) is 6.95. The lowest BCUT2D eigenvalue weighted by molar-refractivity contribution is -0.385. The van der Waals surface area contributed by atoms with Crippen LogP contribution in [0.15, 0.2) is 12.1 Å². The summed E-state index contributed by atoms with van der Waals surface area (Å²) in [6.45, 7) is 0.539. The highest BCUT2D eigenvalue weighted by Gasteiger charge is 2.12. The third kappa shape index (κ3) is 2.37. The van der Waals surface area contributed by atoms with Crippen LogP contribution in [0, 0.1) is 10.1 Å². The van der Waals surface area contributed by atoms with Crippen LogP contribution in [0.1, 0.15) is 5.69 Å². The second-order valence-corrected chi connectivity index (χ2v) is 2.76. The average Bonchev–Trinajstić information content (AvgIpc) is 2.04. The predicted molar refractivity (Wildman–Crippen MR) is 48.7 cm³/mol. The van der Waals surface area contributed by atoms with Gasteiger partial charge in [-0.3, -0.25) is 10.1 Å². The van der Waals surface area contributed by atoms with Gasteiger partial charge in [0.15, 0.2) is 0 Å². The smallest absolute Gasteiger partial charge is 0.306 e. The molecule has 0 unspecified atom stereocenters. The summed E-state index contributed by atoms with van der Waals surface area (Å²) in [6.07, 6.45) is 0. The molecule has 1 aromatic heterocycles. The van der Waals surface area contributed by atoms with Gasteiger partial charge < -0.3 is 5.32 Å². The molecule has 0 aliphatic rings. The molecule has 6 heteroatoms. The highest BCUT2D eigenvalue weighted by Crippen LogP contribution is 2.21. The van der Waals surface area contributed by atoms with E-state index in [1.807, 2.05) is 0 Å². The van der Waals surface area contributed by atoms with Gasteiger partial charge >= 0.3 is 5.69 Å². The Morgan fingerprint density at radius 2 is 2.38 bits per heavy atom. The minimum absolute atomic E-state index is 0.0715. The maximum absolute atomic E-state index is 10.4. The summed E-state index contributed by atoms with van der Waals surface area (Å²) in [5, 5.41) is 13.2. The van der Waals surface area contributed by atoms with Crippen molar-refractivity contribution >= 4 is 17.3 Å². The Morgan fingerprint density at radius 3 is 2.85 bits per heavy atom. The summed E-state index contributed by atoms with van der Waals surface area (Å²) < 4.78 is 0. The normalized spacial score (nSPS) is 10.0. The molecule has 0 amide bonds. The van der Waals surface area contributed by atoms with Crippen molar-refractivity contribution in [2.45, 2.75) is 6.54 Å². The number of pyridine rings is 1. The van der Waals surface area contributed by atoms with Crippen LogP contribution in [0.4, 0.5) is 5.69 Å². The lowest BCUT2D eigenvalue weighted by atomic mass is 10.3. The van der Waals surface area contributed by atoms with Crippen LogP contribution in [0.3, 0.4) is 0 Å². The van der Waals surface area contributed by atoms with E-state index in [1.54, 1.807) is 13.1 Å². The van der Waals surface area contributed by atoms with E-state index in [-0.39, 0.29) is 10.8 Å². The Bertz CT molecular complexity index is 330. The van der Waals surface area contributed by atoms with E-state index >= 15 is 0 Å². The zero-order valence-corrected chi connectivity index (χ0v) is 7.71. The predicted octanol–water partition coefficient (Wildman–Crippen LogP) is 1.36. The molecule has 70 valence electrons. The summed E-state index contributed by atoms with van der Waals surface area (Å²) in [4.78, 5) is 13.6. The molecular formula is C7H8ClN3O2. The quantitative estimate of drug-likeness (QED) is 0.456. The van der Waals surface area contributed by atoms with Crippen LogP contribution >= 0.6 is 11.6 Å². The molecule has 0 aromatic carbocycles. The fraction of sp³-hybridized carbons (Fsp3) is 0.286. The van der Waals surface area contributed by atoms with E-state index in [1.165, 1.54) is 6.07 Å². The van der Waals surface area contributed by atoms with E-state index in [0.717, 1.165) is 0 Å². The molecule has 1 rings (SSSR count). The van der Waals surface area contributed by atoms with Gasteiger partial charge in [-0.2, -0.15) is 0 Å². The first-order chi connectivity index (χ1) is 6.15. The van der Waals surface area contributed by atoms with E-state index in [9.17, 15) is 10.1 Å². The van der Waals surface area contributed by atoms with Gasteiger partial charge in [-0.05, 0) is 13.1 Å². The Morgan fingerprint density at radius 1 is 1.69 bits per heavy atom. The van der Waals surface area contributed by atoms with Crippen LogP contribution in [0.2, 0.25) is 5.15 Å². The Balaban J connectivity index is 2.98. The fourth-order valence-corrected chi connectivity index (χ4v) is 1.12. The number of nitrogens with zero attached hydrogens (tertiary/aromatic N) is 2. The standard InChI is InChI=1S/C7H8ClN3O2/c1-9-4-5-2-3-6(11(12)13)7(8)10-5/h2-3,9H,4H2,1H3. The number of aromatic nitrogens is 1. The molecule has 0 spiro atoms. The van der Waals surface area contributed by atoms with Crippen molar-refractivity contribution in [3.05, 3.63) is 33.1 Å². The van der Waals surface area contributed by atoms with Crippen molar-refractivity contribution in [3.63, 3.8) is 0 Å². The maximum atomic E-state index is 10.4. The van der Waals surface area contributed by atoms with Gasteiger partial charge in [-0.1, -0.05) is 11.6 Å². The van der Waals surface area contributed by atoms with Gasteiger partial charge in [-0.15, -0.1) is 0 Å². The first-order valence-corrected chi connectivity index (χ1v) is 3.97. The van der Waals surface area contributed by atoms with Crippen LogP contribution in [-0.4, -0.2) is 17.0 Å². The molecule has 1 N–H and O–H groups in total. The van der Waals surface area contributed by atoms with E-state index < -0.39 is 4.92 Å². The van der Waals surface area contributed by atoms with Crippen molar-refractivity contribution in [2.75, 3.05) is 7.05 Å². The number of hydrogen-bond acceptors (Lipinski definition) is 4. The highest BCUT2D eigenvalue weighted by molar-refractivity contribution is 6.31. The number of nitrogens with one attached hydrogen (secondary N) is 1. The molecule has 0 radical (unpaired) electrons. The lowest BCUT2D eigenvalue weighted by Gasteiger charge is -1.99. The molecule has 0 saturated heterocycles. The molecule has 1 aromatic rings. The second-order valence-electron chi connectivity index (χ2n) is 2.40. The second kappa shape index (κ2) is 4.15. The molecule has 13 heavy (non-hydrogen) atoms. The summed E-state index contributed by atoms with van der Waals surface area (Å²) in [6, 6.07) is 2.92. The Kier molecular flexibility index (Phi) is 3.16. The first kappa shape index (κ1) is 9.88. The maximum Gasteiger partial charge on any atom is 0.306 e. The van der Waals surface area contributed by atoms with Crippen molar-refractivity contribution < 1.29 is 4.92 Å². The highest BCUT2D eigenvalue weighted by atomic mass is 35.5. The monoisotopic (exact) mass is 201 g/mol. The topological polar surface area (TPSA) is 68.1 Å². The number of hydrogen-bond donors (Lipinski definition) is 1. The molecular weight excluding hydrogens is 194 g/mol. The molecule has 0 bridgehead atoms. The van der Waals surface area contributed by atoms with Crippen LogP contribution in [-0.2, 0) is 6.54 Å². The van der Waals surface area contributed by atoms with Crippen LogP contribution < -0.4 is 5.32 Å². The average molecular weight is 202 g/mol. The minimum atomic E-state index is -0.557. The van der Waals surface area contributed by atoms with Crippen molar-refractivity contribution in [2.24, 2.45) is 0 Å². The fourth-order valence-electron chi connectivity index (χ4n) is 0.880. The van der Waals surface area contributed by atoms with Crippen molar-refractivity contribution in [1.82, 2.24) is 10.3 Å². The number of rotatable bonds is 3. The van der Waals surface area contributed by atoms with E-state index in [2.05, 4.69) is 10.3 Å². The van der Waals surface area contributed by atoms with Gasteiger partial charge in [0, 0.05) is 12.6 Å². The third-order valence-corrected chi connectivity index (χ3v) is 1.72. The SMILES string of the molecule is CNCc1ccc([N+](=O)[O-])c(Cl)n1. The first-order valence-electron chi connectivity index (χ1n) is 3.59. The molecule has 0 fully saturated rings. The van der Waals surface area contributed by atoms with Gasteiger partial charge in [0.05, 0.1) is 10.6 Å². The molecule has 5 nitrogen and oxygen atoms in total. The van der Waals surface area contributed by atoms with Gasteiger partial charge in [-0.25, -0.2) is 4.98 Å². The Hall–Kier alpha value is -1.20. The molecule has 0 atom stereocenters. The summed E-state index contributed by atoms with van der Waals surface area (Å²) in [5.41, 5.74) is 0.514. The minimum Gasteiger partial charge on any atom is -0.314 e. The third-order valence-electron chi connectivity index (χ3n) is 1.44. The molecule has 1 heterocycles. The van der Waals surface area contributed by atoms with Crippen molar-refractivity contribution in [3.8, 4) is 0 Å². The summed E-state index contributed by atoms with van der Waals surface area (Å²) in [5.74, 6) is 0. The van der Waals surface area contributed by atoms with E-state index in [4.69, 9.17) is 11.6 Å². The van der Waals surface area contributed by atoms with Gasteiger partial charge in [0.2, 0.25) is 5.15 Å². The van der Waals surface area contributed by atoms with Gasteiger partial charge in [0.1, 0.15) is 0 Å². The Labute approximate surface area is 79.9 Å². The molecule has 0 aliphatic heterocycles. The summed E-state index contributed by atoms with van der Waals surface area (Å²) >= 11 is 5.58.